The first-order chi connectivity index (χ1) is 12.1. The van der Waals surface area contributed by atoms with Crippen LogP contribution in [0, 0.1) is 6.92 Å². The number of alkyl carbamates (subject to hydrolysis) is 1. The van der Waals surface area contributed by atoms with Gasteiger partial charge in [0.15, 0.2) is 0 Å². The maximum Gasteiger partial charge on any atom is 0.407 e. The first kappa shape index (κ1) is 17.9. The van der Waals surface area contributed by atoms with E-state index in [4.69, 9.17) is 4.74 Å². The molecule has 0 aromatic heterocycles. The fraction of sp³-hybridized carbons (Fsp3) is 0.556. The molecular weight excluding hydrogens is 338 g/mol. The molecule has 2 aliphatic rings. The molecule has 0 aliphatic carbocycles. The minimum atomic E-state index is -0.423. The summed E-state index contributed by atoms with van der Waals surface area (Å²) >= 11 is 1.74. The van der Waals surface area contributed by atoms with E-state index >= 15 is 0 Å². The molecule has 1 unspecified atom stereocenters. The lowest BCUT2D eigenvalue weighted by Gasteiger charge is -2.25. The number of hydrogen-bond donors (Lipinski definition) is 2. The number of carbonyl (C=O) groups is 2. The standard InChI is InChI=1S/C18H25N3O3S/c1-14-3-5-15(6-4-14)25-12-9-19-16(22)21-10-2-7-18(8-11-21)13-20-17(23)24-18/h3-6H,2,7-13H2,1H3,(H,19,22)(H,20,23). The number of nitrogens with one attached hydrogen (secondary N) is 2. The molecule has 2 aliphatic heterocycles. The Morgan fingerprint density at radius 2 is 2.12 bits per heavy atom. The van der Waals surface area contributed by atoms with Gasteiger partial charge in [-0.2, -0.15) is 0 Å². The van der Waals surface area contributed by atoms with Crippen molar-refractivity contribution in [1.82, 2.24) is 15.5 Å². The molecule has 1 atom stereocenters. The molecule has 1 aromatic carbocycles. The van der Waals surface area contributed by atoms with Crippen LogP contribution in [0.25, 0.3) is 0 Å². The summed E-state index contributed by atoms with van der Waals surface area (Å²) in [6, 6.07) is 8.37. The van der Waals surface area contributed by atoms with Crippen LogP contribution in [0.2, 0.25) is 0 Å². The zero-order chi connectivity index (χ0) is 17.7. The number of hydrogen-bond acceptors (Lipinski definition) is 4. The van der Waals surface area contributed by atoms with Gasteiger partial charge in [-0.3, -0.25) is 0 Å². The third-order valence-electron chi connectivity index (χ3n) is 4.72. The highest BCUT2D eigenvalue weighted by molar-refractivity contribution is 7.99. The number of nitrogens with zero attached hydrogens (tertiary/aromatic N) is 1. The second-order valence-electron chi connectivity index (χ2n) is 6.66. The average molecular weight is 363 g/mol. The van der Waals surface area contributed by atoms with Crippen molar-refractivity contribution in [3.8, 4) is 0 Å². The highest BCUT2D eigenvalue weighted by Crippen LogP contribution is 2.29. The Bertz CT molecular complexity index is 622. The van der Waals surface area contributed by atoms with Crippen molar-refractivity contribution in [2.45, 2.75) is 36.7 Å². The van der Waals surface area contributed by atoms with Gasteiger partial charge in [-0.25, -0.2) is 9.59 Å². The van der Waals surface area contributed by atoms with Gasteiger partial charge >= 0.3 is 12.1 Å². The summed E-state index contributed by atoms with van der Waals surface area (Å²) in [5.74, 6) is 0.841. The summed E-state index contributed by atoms with van der Waals surface area (Å²) in [6.45, 7) is 4.58. The molecule has 2 N–H and O–H groups in total. The number of ether oxygens (including phenoxy) is 1. The van der Waals surface area contributed by atoms with E-state index in [2.05, 4.69) is 41.8 Å². The first-order valence-corrected chi connectivity index (χ1v) is 9.74. The summed E-state index contributed by atoms with van der Waals surface area (Å²) in [7, 11) is 0. The molecule has 136 valence electrons. The van der Waals surface area contributed by atoms with Crippen LogP contribution in [-0.2, 0) is 4.74 Å². The van der Waals surface area contributed by atoms with Gasteiger partial charge in [0.05, 0.1) is 6.54 Å². The van der Waals surface area contributed by atoms with Crippen molar-refractivity contribution in [2.24, 2.45) is 0 Å². The molecule has 0 bridgehead atoms. The number of aryl methyl sites for hydroxylation is 1. The van der Waals surface area contributed by atoms with Gasteiger partial charge in [0.2, 0.25) is 0 Å². The van der Waals surface area contributed by atoms with Gasteiger partial charge in [0.1, 0.15) is 5.60 Å². The minimum Gasteiger partial charge on any atom is -0.441 e. The normalized spacial score (nSPS) is 23.1. The van der Waals surface area contributed by atoms with Gasteiger partial charge in [-0.1, -0.05) is 17.7 Å². The second kappa shape index (κ2) is 7.99. The molecule has 1 spiro atoms. The molecule has 0 saturated carbocycles. The van der Waals surface area contributed by atoms with Gasteiger partial charge < -0.3 is 20.3 Å². The van der Waals surface area contributed by atoms with Crippen molar-refractivity contribution in [3.63, 3.8) is 0 Å². The lowest BCUT2D eigenvalue weighted by Crippen LogP contribution is -2.42. The van der Waals surface area contributed by atoms with E-state index in [1.165, 1.54) is 10.5 Å². The molecule has 3 rings (SSSR count). The largest absolute Gasteiger partial charge is 0.441 e. The lowest BCUT2D eigenvalue weighted by atomic mass is 9.95. The fourth-order valence-corrected chi connectivity index (χ4v) is 3.99. The van der Waals surface area contributed by atoms with E-state index in [-0.39, 0.29) is 12.1 Å². The Balaban J connectivity index is 1.39. The Hall–Kier alpha value is -1.89. The van der Waals surface area contributed by atoms with Gasteiger partial charge in [-0.05, 0) is 31.9 Å². The van der Waals surface area contributed by atoms with E-state index < -0.39 is 5.60 Å². The molecule has 1 aromatic rings. The molecule has 2 saturated heterocycles. The summed E-state index contributed by atoms with van der Waals surface area (Å²) in [5, 5.41) is 5.72. The number of thioether (sulfide) groups is 1. The van der Waals surface area contributed by atoms with E-state index in [0.29, 0.717) is 32.6 Å². The monoisotopic (exact) mass is 363 g/mol. The highest BCUT2D eigenvalue weighted by atomic mass is 32.2. The maximum absolute atomic E-state index is 12.4. The van der Waals surface area contributed by atoms with Gasteiger partial charge in [-0.15, -0.1) is 11.8 Å². The third-order valence-corrected chi connectivity index (χ3v) is 5.73. The Labute approximate surface area is 152 Å². The highest BCUT2D eigenvalue weighted by Gasteiger charge is 2.41. The number of rotatable bonds is 4. The van der Waals surface area contributed by atoms with Crippen molar-refractivity contribution >= 4 is 23.9 Å². The number of urea groups is 1. The van der Waals surface area contributed by atoms with Crippen LogP contribution in [0.3, 0.4) is 0 Å². The Kier molecular flexibility index (Phi) is 5.73. The van der Waals surface area contributed by atoms with E-state index in [1.54, 1.807) is 11.8 Å². The number of amides is 3. The predicted molar refractivity (Wildman–Crippen MR) is 97.9 cm³/mol. The van der Waals surface area contributed by atoms with Crippen LogP contribution < -0.4 is 10.6 Å². The molecule has 7 heteroatoms. The SMILES string of the molecule is Cc1ccc(SCCNC(=O)N2CCCC3(CC2)CNC(=O)O3)cc1. The van der Waals surface area contributed by atoms with E-state index in [0.717, 1.165) is 18.6 Å². The predicted octanol–water partition coefficient (Wildman–Crippen LogP) is 2.76. The molecule has 3 amide bonds. The summed E-state index contributed by atoms with van der Waals surface area (Å²) < 4.78 is 5.44. The maximum atomic E-state index is 12.4. The quantitative estimate of drug-likeness (QED) is 0.637. The number of benzene rings is 1. The summed E-state index contributed by atoms with van der Waals surface area (Å²) in [5.41, 5.74) is 0.827. The summed E-state index contributed by atoms with van der Waals surface area (Å²) in [4.78, 5) is 26.7. The smallest absolute Gasteiger partial charge is 0.407 e. The minimum absolute atomic E-state index is 0.0289. The third kappa shape index (κ3) is 4.81. The molecule has 2 heterocycles. The zero-order valence-corrected chi connectivity index (χ0v) is 15.4. The number of carbonyl (C=O) groups excluding carboxylic acids is 2. The molecule has 6 nitrogen and oxygen atoms in total. The zero-order valence-electron chi connectivity index (χ0n) is 14.5. The Morgan fingerprint density at radius 3 is 2.84 bits per heavy atom. The number of likely N-dealkylation sites (tertiary alicyclic amines) is 1. The van der Waals surface area contributed by atoms with Crippen molar-refractivity contribution in [3.05, 3.63) is 29.8 Å². The second-order valence-corrected chi connectivity index (χ2v) is 7.83. The molecule has 2 fully saturated rings. The van der Waals surface area contributed by atoms with E-state index in [1.807, 2.05) is 4.90 Å². The van der Waals surface area contributed by atoms with Crippen LogP contribution in [0.5, 0.6) is 0 Å². The fourth-order valence-electron chi connectivity index (χ4n) is 3.22. The van der Waals surface area contributed by atoms with Crippen LogP contribution in [0.4, 0.5) is 9.59 Å². The first-order valence-electron chi connectivity index (χ1n) is 8.75. The topological polar surface area (TPSA) is 70.7 Å². The molecule has 0 radical (unpaired) electrons. The van der Waals surface area contributed by atoms with Crippen LogP contribution in [-0.4, -0.2) is 54.6 Å². The van der Waals surface area contributed by atoms with Crippen LogP contribution in [0.1, 0.15) is 24.8 Å². The molecular formula is C18H25N3O3S. The van der Waals surface area contributed by atoms with Crippen LogP contribution in [0.15, 0.2) is 29.2 Å². The Morgan fingerprint density at radius 1 is 1.32 bits per heavy atom. The van der Waals surface area contributed by atoms with Crippen molar-refractivity contribution in [1.29, 1.82) is 0 Å². The van der Waals surface area contributed by atoms with Crippen molar-refractivity contribution < 1.29 is 14.3 Å². The lowest BCUT2D eigenvalue weighted by molar-refractivity contribution is 0.0453. The van der Waals surface area contributed by atoms with Crippen LogP contribution >= 0.6 is 11.8 Å². The van der Waals surface area contributed by atoms with Gasteiger partial charge in [0.25, 0.3) is 0 Å². The van der Waals surface area contributed by atoms with Crippen molar-refractivity contribution in [2.75, 3.05) is 31.9 Å². The van der Waals surface area contributed by atoms with Gasteiger partial charge in [0, 0.05) is 36.7 Å². The van der Waals surface area contributed by atoms with E-state index in [9.17, 15) is 9.59 Å². The average Bonchev–Trinajstić information content (AvgIpc) is 2.84. The molecule has 25 heavy (non-hydrogen) atoms. The summed E-state index contributed by atoms with van der Waals surface area (Å²) in [6.07, 6.45) is 2.00.